The van der Waals surface area contributed by atoms with Crippen LogP contribution in [0.3, 0.4) is 0 Å². The van der Waals surface area contributed by atoms with Gasteiger partial charge in [0.1, 0.15) is 5.82 Å². The lowest BCUT2D eigenvalue weighted by atomic mass is 10.0. The van der Waals surface area contributed by atoms with E-state index in [0.29, 0.717) is 19.6 Å². The number of hydrogen-bond donors (Lipinski definition) is 2. The van der Waals surface area contributed by atoms with E-state index in [1.807, 2.05) is 6.07 Å². The normalized spacial score (nSPS) is 12.9. The van der Waals surface area contributed by atoms with E-state index in [1.165, 1.54) is 12.1 Å². The molecule has 1 atom stereocenters. The van der Waals surface area contributed by atoms with E-state index in [4.69, 9.17) is 15.6 Å². The molecule has 0 bridgehead atoms. The van der Waals surface area contributed by atoms with Crippen LogP contribution >= 0.6 is 0 Å². The molecule has 0 aromatic heterocycles. The first-order chi connectivity index (χ1) is 9.17. The van der Waals surface area contributed by atoms with E-state index >= 15 is 0 Å². The Bertz CT molecular complexity index is 363. The highest BCUT2D eigenvalue weighted by Crippen LogP contribution is 2.15. The Morgan fingerprint density at radius 2 is 2.16 bits per heavy atom. The van der Waals surface area contributed by atoms with Gasteiger partial charge in [0.15, 0.2) is 0 Å². The molecular formula is C14H23FN2O2. The van der Waals surface area contributed by atoms with Crippen LogP contribution in [0.15, 0.2) is 24.3 Å². The standard InChI is InChI=1S/C14H23FN2O2/c1-19-10-8-17(7-9-18)6-5-14(16)12-3-2-4-13(15)11-12/h2-4,11,14,18H,5-10,16H2,1H3. The second kappa shape index (κ2) is 8.98. The number of ether oxygens (including phenoxy) is 1. The van der Waals surface area contributed by atoms with Gasteiger partial charge in [-0.15, -0.1) is 0 Å². The Labute approximate surface area is 114 Å². The summed E-state index contributed by atoms with van der Waals surface area (Å²) in [6.45, 7) is 2.84. The van der Waals surface area contributed by atoms with E-state index in [1.54, 1.807) is 13.2 Å². The molecule has 1 aromatic rings. The van der Waals surface area contributed by atoms with Crippen molar-refractivity contribution < 1.29 is 14.2 Å². The van der Waals surface area contributed by atoms with Gasteiger partial charge < -0.3 is 15.6 Å². The molecule has 0 heterocycles. The third-order valence-electron chi connectivity index (χ3n) is 3.06. The smallest absolute Gasteiger partial charge is 0.123 e. The van der Waals surface area contributed by atoms with Crippen LogP contribution < -0.4 is 5.73 Å². The minimum Gasteiger partial charge on any atom is -0.395 e. The molecule has 108 valence electrons. The van der Waals surface area contributed by atoms with Gasteiger partial charge in [0.05, 0.1) is 13.2 Å². The molecule has 19 heavy (non-hydrogen) atoms. The Balaban J connectivity index is 2.44. The van der Waals surface area contributed by atoms with Gasteiger partial charge in [-0.25, -0.2) is 4.39 Å². The van der Waals surface area contributed by atoms with Crippen molar-refractivity contribution in [3.05, 3.63) is 35.6 Å². The lowest BCUT2D eigenvalue weighted by Gasteiger charge is -2.22. The summed E-state index contributed by atoms with van der Waals surface area (Å²) in [6, 6.07) is 6.18. The minimum atomic E-state index is -0.264. The fraction of sp³-hybridized carbons (Fsp3) is 0.571. The number of nitrogens with zero attached hydrogens (tertiary/aromatic N) is 1. The molecule has 0 amide bonds. The minimum absolute atomic E-state index is 0.110. The summed E-state index contributed by atoms with van der Waals surface area (Å²) in [7, 11) is 1.65. The third kappa shape index (κ3) is 6.11. The molecule has 0 spiro atoms. The summed E-state index contributed by atoms with van der Waals surface area (Å²) in [4.78, 5) is 2.09. The first-order valence-electron chi connectivity index (χ1n) is 6.50. The highest BCUT2D eigenvalue weighted by atomic mass is 19.1. The van der Waals surface area contributed by atoms with Crippen LogP contribution in [0.25, 0.3) is 0 Å². The van der Waals surface area contributed by atoms with Gasteiger partial charge in [-0.05, 0) is 24.1 Å². The van der Waals surface area contributed by atoms with Crippen molar-refractivity contribution in [2.75, 3.05) is 40.0 Å². The predicted molar refractivity (Wildman–Crippen MR) is 73.3 cm³/mol. The molecule has 1 aromatic carbocycles. The van der Waals surface area contributed by atoms with Gasteiger partial charge in [0, 0.05) is 32.8 Å². The lowest BCUT2D eigenvalue weighted by molar-refractivity contribution is 0.128. The Morgan fingerprint density at radius 1 is 1.37 bits per heavy atom. The van der Waals surface area contributed by atoms with Crippen LogP contribution in [0.5, 0.6) is 0 Å². The van der Waals surface area contributed by atoms with Gasteiger partial charge in [0.25, 0.3) is 0 Å². The highest BCUT2D eigenvalue weighted by molar-refractivity contribution is 5.19. The zero-order valence-electron chi connectivity index (χ0n) is 11.4. The van der Waals surface area contributed by atoms with Crippen LogP contribution in [0.1, 0.15) is 18.0 Å². The Kier molecular flexibility index (Phi) is 7.59. The number of methoxy groups -OCH3 is 1. The zero-order chi connectivity index (χ0) is 14.1. The first-order valence-corrected chi connectivity index (χ1v) is 6.50. The van der Waals surface area contributed by atoms with Crippen molar-refractivity contribution >= 4 is 0 Å². The number of rotatable bonds is 9. The topological polar surface area (TPSA) is 58.7 Å². The van der Waals surface area contributed by atoms with Crippen molar-refractivity contribution in [1.82, 2.24) is 4.90 Å². The maximum atomic E-state index is 13.1. The number of aliphatic hydroxyl groups excluding tert-OH is 1. The number of nitrogens with two attached hydrogens (primary N) is 1. The molecule has 1 unspecified atom stereocenters. The Hall–Kier alpha value is -1.01. The van der Waals surface area contributed by atoms with Gasteiger partial charge in [0.2, 0.25) is 0 Å². The largest absolute Gasteiger partial charge is 0.395 e. The van der Waals surface area contributed by atoms with Crippen molar-refractivity contribution in [1.29, 1.82) is 0 Å². The number of hydrogen-bond acceptors (Lipinski definition) is 4. The Morgan fingerprint density at radius 3 is 2.79 bits per heavy atom. The molecular weight excluding hydrogens is 247 g/mol. The molecule has 0 fully saturated rings. The average molecular weight is 270 g/mol. The molecule has 0 saturated heterocycles. The van der Waals surface area contributed by atoms with E-state index in [2.05, 4.69) is 4.90 Å². The van der Waals surface area contributed by atoms with Crippen LogP contribution in [0, 0.1) is 5.82 Å². The molecule has 0 radical (unpaired) electrons. The third-order valence-corrected chi connectivity index (χ3v) is 3.06. The predicted octanol–water partition coefficient (Wildman–Crippen LogP) is 1.16. The summed E-state index contributed by atoms with van der Waals surface area (Å²) < 4.78 is 18.1. The lowest BCUT2D eigenvalue weighted by Crippen LogP contribution is -2.32. The molecule has 0 aliphatic rings. The van der Waals surface area contributed by atoms with Crippen molar-refractivity contribution in [3.63, 3.8) is 0 Å². The average Bonchev–Trinajstić information content (AvgIpc) is 2.41. The molecule has 0 aliphatic heterocycles. The van der Waals surface area contributed by atoms with Gasteiger partial charge in [-0.1, -0.05) is 12.1 Å². The summed E-state index contributed by atoms with van der Waals surface area (Å²) in [5.74, 6) is -0.264. The van der Waals surface area contributed by atoms with Crippen LogP contribution in [-0.2, 0) is 4.74 Å². The van der Waals surface area contributed by atoms with Crippen molar-refractivity contribution in [2.24, 2.45) is 5.73 Å². The van der Waals surface area contributed by atoms with Gasteiger partial charge >= 0.3 is 0 Å². The van der Waals surface area contributed by atoms with Gasteiger partial charge in [-0.2, -0.15) is 0 Å². The molecule has 1 rings (SSSR count). The second-order valence-electron chi connectivity index (χ2n) is 4.51. The summed E-state index contributed by atoms with van der Waals surface area (Å²) in [5.41, 5.74) is 6.85. The summed E-state index contributed by atoms with van der Waals surface area (Å²) in [6.07, 6.45) is 0.715. The highest BCUT2D eigenvalue weighted by Gasteiger charge is 2.10. The fourth-order valence-electron chi connectivity index (χ4n) is 1.92. The van der Waals surface area contributed by atoms with Gasteiger partial charge in [-0.3, -0.25) is 4.90 Å². The van der Waals surface area contributed by atoms with E-state index in [0.717, 1.165) is 18.7 Å². The number of halogens is 1. The molecule has 0 saturated carbocycles. The molecule has 3 N–H and O–H groups in total. The maximum absolute atomic E-state index is 13.1. The maximum Gasteiger partial charge on any atom is 0.123 e. The zero-order valence-corrected chi connectivity index (χ0v) is 11.4. The van der Waals surface area contributed by atoms with E-state index < -0.39 is 0 Å². The number of benzene rings is 1. The fourth-order valence-corrected chi connectivity index (χ4v) is 1.92. The molecule has 5 heteroatoms. The summed E-state index contributed by atoms with van der Waals surface area (Å²) in [5, 5.41) is 8.99. The summed E-state index contributed by atoms with van der Waals surface area (Å²) >= 11 is 0. The van der Waals surface area contributed by atoms with Crippen LogP contribution in [-0.4, -0.2) is 50.0 Å². The first kappa shape index (κ1) is 16.0. The van der Waals surface area contributed by atoms with Crippen LogP contribution in [0.2, 0.25) is 0 Å². The number of aliphatic hydroxyl groups is 1. The van der Waals surface area contributed by atoms with Crippen molar-refractivity contribution in [2.45, 2.75) is 12.5 Å². The molecule has 4 nitrogen and oxygen atoms in total. The second-order valence-corrected chi connectivity index (χ2v) is 4.51. The van der Waals surface area contributed by atoms with Crippen LogP contribution in [0.4, 0.5) is 4.39 Å². The monoisotopic (exact) mass is 270 g/mol. The van der Waals surface area contributed by atoms with E-state index in [9.17, 15) is 4.39 Å². The quantitative estimate of drug-likeness (QED) is 0.707. The molecule has 0 aliphatic carbocycles. The SMILES string of the molecule is COCCN(CCO)CCC(N)c1cccc(F)c1. The van der Waals surface area contributed by atoms with E-state index in [-0.39, 0.29) is 18.5 Å². The van der Waals surface area contributed by atoms with Crippen molar-refractivity contribution in [3.8, 4) is 0 Å².